The van der Waals surface area contributed by atoms with Crippen LogP contribution in [0.5, 0.6) is 11.5 Å². The van der Waals surface area contributed by atoms with Crippen LogP contribution in [0.25, 0.3) is 0 Å². The first-order valence-corrected chi connectivity index (χ1v) is 12.1. The van der Waals surface area contributed by atoms with Crippen LogP contribution in [0.15, 0.2) is 91.3 Å². The molecule has 1 aliphatic heterocycles. The molecule has 184 valence electrons. The van der Waals surface area contributed by atoms with Crippen molar-refractivity contribution in [2.24, 2.45) is 0 Å². The Bertz CT molecular complexity index is 1310. The van der Waals surface area contributed by atoms with E-state index in [1.807, 2.05) is 83.7 Å². The summed E-state index contributed by atoms with van der Waals surface area (Å²) in [5.74, 6) is 1.61. The van der Waals surface area contributed by atoms with Crippen molar-refractivity contribution in [2.75, 3.05) is 26.7 Å². The van der Waals surface area contributed by atoms with Crippen molar-refractivity contribution in [3.05, 3.63) is 114 Å². The summed E-state index contributed by atoms with van der Waals surface area (Å²) in [4.78, 5) is 15.2. The number of carbonyl (C=O) groups excluding carboxylic acids is 1. The molecule has 0 aliphatic carbocycles. The van der Waals surface area contributed by atoms with Crippen LogP contribution in [-0.2, 0) is 13.1 Å². The average molecular weight is 483 g/mol. The van der Waals surface area contributed by atoms with Gasteiger partial charge in [-0.1, -0.05) is 48.5 Å². The van der Waals surface area contributed by atoms with Crippen LogP contribution in [-0.4, -0.2) is 47.3 Å². The van der Waals surface area contributed by atoms with E-state index in [1.54, 1.807) is 13.3 Å². The van der Waals surface area contributed by atoms with Crippen LogP contribution in [0, 0.1) is 0 Å². The van der Waals surface area contributed by atoms with E-state index in [1.165, 1.54) is 0 Å². The van der Waals surface area contributed by atoms with E-state index in [4.69, 9.17) is 9.47 Å². The van der Waals surface area contributed by atoms with Crippen LogP contribution >= 0.6 is 0 Å². The third-order valence-corrected chi connectivity index (χ3v) is 6.35. The topological polar surface area (TPSA) is 68.6 Å². The molecule has 0 radical (unpaired) electrons. The number of hydrogen-bond acceptors (Lipinski definition) is 5. The Balaban J connectivity index is 1.25. The van der Waals surface area contributed by atoms with E-state index in [-0.39, 0.29) is 12.0 Å². The highest BCUT2D eigenvalue weighted by molar-refractivity contribution is 5.94. The number of benzene rings is 3. The number of carbonyl (C=O) groups is 1. The maximum Gasteiger partial charge on any atom is 0.251 e. The van der Waals surface area contributed by atoms with Gasteiger partial charge < -0.3 is 14.8 Å². The zero-order valence-corrected chi connectivity index (χ0v) is 20.3. The van der Waals surface area contributed by atoms with Gasteiger partial charge in [-0.15, -0.1) is 0 Å². The van der Waals surface area contributed by atoms with Gasteiger partial charge >= 0.3 is 0 Å². The van der Waals surface area contributed by atoms with Crippen LogP contribution in [0.4, 0.5) is 0 Å². The zero-order chi connectivity index (χ0) is 24.7. The molecule has 0 spiro atoms. The number of ether oxygens (including phenoxy) is 2. The number of fused-ring (bicyclic) bond motifs is 1. The highest BCUT2D eigenvalue weighted by atomic mass is 16.5. The molecule has 0 unspecified atom stereocenters. The summed E-state index contributed by atoms with van der Waals surface area (Å²) in [6.07, 6.45) is 3.48. The summed E-state index contributed by atoms with van der Waals surface area (Å²) in [7, 11) is 1.68. The summed E-state index contributed by atoms with van der Waals surface area (Å²) in [6.45, 7) is 3.29. The molecule has 36 heavy (non-hydrogen) atoms. The molecule has 7 heteroatoms. The molecule has 4 aromatic rings. The third kappa shape index (κ3) is 5.58. The predicted octanol–water partition coefficient (Wildman–Crippen LogP) is 4.31. The van der Waals surface area contributed by atoms with Crippen LogP contribution in [0.2, 0.25) is 0 Å². The number of methoxy groups -OCH3 is 1. The molecule has 3 aromatic carbocycles. The second kappa shape index (κ2) is 11.1. The van der Waals surface area contributed by atoms with Gasteiger partial charge in [0.25, 0.3) is 5.91 Å². The lowest BCUT2D eigenvalue weighted by atomic mass is 10.1. The van der Waals surface area contributed by atoms with Gasteiger partial charge in [-0.3, -0.25) is 14.4 Å². The van der Waals surface area contributed by atoms with Gasteiger partial charge in [0.1, 0.15) is 17.6 Å². The van der Waals surface area contributed by atoms with E-state index in [0.717, 1.165) is 34.7 Å². The Morgan fingerprint density at radius 3 is 2.81 bits per heavy atom. The van der Waals surface area contributed by atoms with Crippen molar-refractivity contribution >= 4 is 5.91 Å². The van der Waals surface area contributed by atoms with Crippen molar-refractivity contribution in [1.29, 1.82) is 0 Å². The van der Waals surface area contributed by atoms with Gasteiger partial charge in [0.05, 0.1) is 13.7 Å². The van der Waals surface area contributed by atoms with Gasteiger partial charge in [-0.2, -0.15) is 5.10 Å². The first-order chi connectivity index (χ1) is 17.7. The standard InChI is InChI=1S/C29H30N4O3/c1-35-27-13-5-3-11-25(27)28-21-32(20-24-9-2-4-12-26(24)36-28)17-15-30-29(34)23-10-6-8-22(18-23)19-33-16-7-14-31-33/h2-14,16,18,28H,15,17,19-21H2,1H3,(H,30,34)/t28-/m0/s1. The fraction of sp³-hybridized carbons (Fsp3) is 0.241. The fourth-order valence-electron chi connectivity index (χ4n) is 4.57. The van der Waals surface area contributed by atoms with Crippen LogP contribution in [0.1, 0.15) is 33.2 Å². The Kier molecular flexibility index (Phi) is 7.28. The highest BCUT2D eigenvalue weighted by Crippen LogP contribution is 2.34. The lowest BCUT2D eigenvalue weighted by Crippen LogP contribution is -2.36. The Labute approximate surface area is 211 Å². The monoisotopic (exact) mass is 482 g/mol. The Hall–Kier alpha value is -4.10. The minimum absolute atomic E-state index is 0.0786. The van der Waals surface area contributed by atoms with E-state index in [2.05, 4.69) is 21.4 Å². The lowest BCUT2D eigenvalue weighted by molar-refractivity contribution is 0.0942. The van der Waals surface area contributed by atoms with Crippen LogP contribution < -0.4 is 14.8 Å². The summed E-state index contributed by atoms with van der Waals surface area (Å²) in [5, 5.41) is 7.33. The second-order valence-electron chi connectivity index (χ2n) is 8.85. The van der Waals surface area contributed by atoms with E-state index in [0.29, 0.717) is 31.7 Å². The number of hydrogen-bond donors (Lipinski definition) is 1. The molecule has 1 aliphatic rings. The second-order valence-corrected chi connectivity index (χ2v) is 8.85. The molecular formula is C29H30N4O3. The number of nitrogens with one attached hydrogen (secondary N) is 1. The van der Waals surface area contributed by atoms with Crippen LogP contribution in [0.3, 0.4) is 0 Å². The van der Waals surface area contributed by atoms with Crippen molar-refractivity contribution in [3.63, 3.8) is 0 Å². The van der Waals surface area contributed by atoms with Gasteiger partial charge in [0, 0.05) is 55.3 Å². The maximum atomic E-state index is 12.9. The number of nitrogens with zero attached hydrogens (tertiary/aromatic N) is 3. The quantitative estimate of drug-likeness (QED) is 0.406. The molecule has 0 fully saturated rings. The summed E-state index contributed by atoms with van der Waals surface area (Å²) >= 11 is 0. The summed E-state index contributed by atoms with van der Waals surface area (Å²) in [6, 6.07) is 25.7. The number of amides is 1. The first kappa shape index (κ1) is 23.6. The summed E-state index contributed by atoms with van der Waals surface area (Å²) in [5.41, 5.74) is 3.83. The molecule has 1 atom stereocenters. The molecular weight excluding hydrogens is 452 g/mol. The molecule has 1 N–H and O–H groups in total. The molecule has 1 aromatic heterocycles. The lowest BCUT2D eigenvalue weighted by Gasteiger charge is -2.25. The average Bonchev–Trinajstić information content (AvgIpc) is 3.34. The highest BCUT2D eigenvalue weighted by Gasteiger charge is 2.26. The smallest absolute Gasteiger partial charge is 0.251 e. The van der Waals surface area contributed by atoms with Crippen molar-refractivity contribution in [3.8, 4) is 11.5 Å². The molecule has 5 rings (SSSR count). The predicted molar refractivity (Wildman–Crippen MR) is 138 cm³/mol. The minimum Gasteiger partial charge on any atom is -0.496 e. The minimum atomic E-state index is -0.181. The largest absolute Gasteiger partial charge is 0.496 e. The van der Waals surface area contributed by atoms with Gasteiger partial charge in [0.2, 0.25) is 0 Å². The SMILES string of the molecule is COc1ccccc1[C@@H]1CN(CCNC(=O)c2cccc(Cn3cccn3)c2)Cc2ccccc2O1. The molecule has 0 saturated carbocycles. The Morgan fingerprint density at radius 2 is 1.94 bits per heavy atom. The fourth-order valence-corrected chi connectivity index (χ4v) is 4.57. The zero-order valence-electron chi connectivity index (χ0n) is 20.3. The molecule has 0 bridgehead atoms. The maximum absolute atomic E-state index is 12.9. The van der Waals surface area contributed by atoms with Gasteiger partial charge in [-0.25, -0.2) is 0 Å². The van der Waals surface area contributed by atoms with E-state index in [9.17, 15) is 4.79 Å². The van der Waals surface area contributed by atoms with Gasteiger partial charge in [0.15, 0.2) is 0 Å². The van der Waals surface area contributed by atoms with Crippen molar-refractivity contribution < 1.29 is 14.3 Å². The number of rotatable bonds is 8. The molecule has 1 amide bonds. The third-order valence-electron chi connectivity index (χ3n) is 6.35. The molecule has 2 heterocycles. The van der Waals surface area contributed by atoms with E-state index >= 15 is 0 Å². The number of aromatic nitrogens is 2. The van der Waals surface area contributed by atoms with Crippen molar-refractivity contribution in [1.82, 2.24) is 20.0 Å². The van der Waals surface area contributed by atoms with Gasteiger partial charge in [-0.05, 0) is 35.9 Å². The first-order valence-electron chi connectivity index (χ1n) is 12.1. The van der Waals surface area contributed by atoms with E-state index < -0.39 is 0 Å². The molecule has 0 saturated heterocycles. The Morgan fingerprint density at radius 1 is 1.08 bits per heavy atom. The van der Waals surface area contributed by atoms with Crippen molar-refractivity contribution in [2.45, 2.75) is 19.2 Å². The number of para-hydroxylation sites is 2. The summed E-state index contributed by atoms with van der Waals surface area (Å²) < 4.78 is 13.9. The normalized spacial score (nSPS) is 15.4. The molecule has 7 nitrogen and oxygen atoms in total.